The van der Waals surface area contributed by atoms with Crippen LogP contribution in [0.25, 0.3) is 0 Å². The molecule has 0 bridgehead atoms. The predicted octanol–water partition coefficient (Wildman–Crippen LogP) is 2.76. The van der Waals surface area contributed by atoms with Crippen LogP contribution in [0.2, 0.25) is 0 Å². The van der Waals surface area contributed by atoms with Crippen LogP contribution in [0.3, 0.4) is 0 Å². The zero-order valence-corrected chi connectivity index (χ0v) is 34.1. The third kappa shape index (κ3) is 8.87. The number of carbonyl (C=O) groups excluding carboxylic acids is 1. The molecule has 1 amide bonds. The van der Waals surface area contributed by atoms with E-state index >= 15 is 0 Å². The first-order chi connectivity index (χ1) is 26.6. The molecule has 4 aliphatic carbocycles. The topological polar surface area (TPSA) is 217 Å². The smallest absolute Gasteiger partial charge is 0.407 e. The van der Waals surface area contributed by atoms with E-state index in [1.54, 1.807) is 0 Å². The van der Waals surface area contributed by atoms with Crippen LogP contribution in [-0.4, -0.2) is 136 Å². The van der Waals surface area contributed by atoms with Crippen LogP contribution in [0.5, 0.6) is 0 Å². The fourth-order valence-corrected chi connectivity index (χ4v) is 12.0. The van der Waals surface area contributed by atoms with E-state index < -0.39 is 80.7 Å². The summed E-state index contributed by atoms with van der Waals surface area (Å²) in [5.41, 5.74) is 2.03. The van der Waals surface area contributed by atoms with E-state index in [0.717, 1.165) is 55.3 Å². The maximum atomic E-state index is 12.9. The standard InChI is InChI=1S/C42H71NO13/c1-22(2)7-6-8-23(3)27-11-12-28-26-10-9-24-19-25(13-15-41(24,4)29(26)14-16-42(27,28)5)53-40(51)43-17-18-52-38-36(50)34(48)37(31(21-45)55-38)56-39-35(49)33(47)32(46)30(20-44)54-39/h9,22-23,25-39,44-50H,6-8,10-21H2,1-5H3,(H,43,51)/t23-,25+,26+,27-,28+,29+,30-,31-,32+,33+,34-,35-,36-,37-,38+,39-,41+,42-/m1/s1. The van der Waals surface area contributed by atoms with Crippen LogP contribution in [-0.2, 0) is 23.7 Å². The second-order valence-electron chi connectivity index (χ2n) is 18.9. The van der Waals surface area contributed by atoms with E-state index in [2.05, 4.69) is 46.0 Å². The molecular weight excluding hydrogens is 726 g/mol. The van der Waals surface area contributed by atoms with E-state index in [9.17, 15) is 40.5 Å². The van der Waals surface area contributed by atoms with E-state index in [0.29, 0.717) is 11.3 Å². The number of aliphatic hydroxyl groups is 7. The lowest BCUT2D eigenvalue weighted by molar-refractivity contribution is -0.359. The van der Waals surface area contributed by atoms with Gasteiger partial charge in [0.05, 0.1) is 19.8 Å². The molecule has 2 saturated heterocycles. The molecule has 56 heavy (non-hydrogen) atoms. The molecule has 18 atom stereocenters. The Kier molecular flexibility index (Phi) is 14.5. The first-order valence-corrected chi connectivity index (χ1v) is 21.5. The lowest BCUT2D eigenvalue weighted by atomic mass is 9.47. The van der Waals surface area contributed by atoms with Crippen molar-refractivity contribution in [2.75, 3.05) is 26.4 Å². The van der Waals surface area contributed by atoms with Crippen LogP contribution in [0.4, 0.5) is 4.79 Å². The number of rotatable bonds is 14. The molecule has 5 fully saturated rings. The number of ether oxygens (including phenoxy) is 5. The van der Waals surface area contributed by atoms with Crippen molar-refractivity contribution in [3.05, 3.63) is 11.6 Å². The highest BCUT2D eigenvalue weighted by Gasteiger charge is 2.59. The highest BCUT2D eigenvalue weighted by Crippen LogP contribution is 2.67. The van der Waals surface area contributed by atoms with Crippen molar-refractivity contribution in [2.24, 2.45) is 46.3 Å². The number of nitrogens with one attached hydrogen (secondary N) is 1. The quantitative estimate of drug-likeness (QED) is 0.0939. The molecule has 0 aromatic rings. The van der Waals surface area contributed by atoms with Gasteiger partial charge in [-0.1, -0.05) is 65.5 Å². The van der Waals surface area contributed by atoms with Crippen molar-refractivity contribution in [1.82, 2.24) is 5.32 Å². The van der Waals surface area contributed by atoms with Gasteiger partial charge in [0.1, 0.15) is 54.9 Å². The molecule has 0 aromatic heterocycles. The fraction of sp³-hybridized carbons (Fsp3) is 0.929. The molecule has 0 radical (unpaired) electrons. The van der Waals surface area contributed by atoms with E-state index in [1.165, 1.54) is 50.5 Å². The minimum absolute atomic E-state index is 0.0322. The number of allylic oxidation sites excluding steroid dienone is 1. The van der Waals surface area contributed by atoms with Gasteiger partial charge in [-0.25, -0.2) is 4.79 Å². The Morgan fingerprint density at radius 3 is 2.29 bits per heavy atom. The number of alkyl carbamates (subject to hydrolysis) is 1. The van der Waals surface area contributed by atoms with Crippen LogP contribution >= 0.6 is 0 Å². The number of hydrogen-bond donors (Lipinski definition) is 8. The molecule has 0 unspecified atom stereocenters. The summed E-state index contributed by atoms with van der Waals surface area (Å²) in [4.78, 5) is 12.9. The van der Waals surface area contributed by atoms with Gasteiger partial charge in [0.25, 0.3) is 0 Å². The zero-order chi connectivity index (χ0) is 40.5. The van der Waals surface area contributed by atoms with Crippen molar-refractivity contribution in [3.63, 3.8) is 0 Å². The summed E-state index contributed by atoms with van der Waals surface area (Å²) in [6, 6.07) is 0. The highest BCUT2D eigenvalue weighted by atomic mass is 16.7. The number of fused-ring (bicyclic) bond motifs is 5. The lowest BCUT2D eigenvalue weighted by Gasteiger charge is -2.58. The van der Waals surface area contributed by atoms with Gasteiger partial charge in [0, 0.05) is 13.0 Å². The third-order valence-electron chi connectivity index (χ3n) is 15.1. The molecule has 0 aromatic carbocycles. The maximum Gasteiger partial charge on any atom is 0.407 e. The van der Waals surface area contributed by atoms with Crippen molar-refractivity contribution in [2.45, 2.75) is 173 Å². The second kappa shape index (κ2) is 18.5. The molecule has 8 N–H and O–H groups in total. The SMILES string of the molecule is CC(C)CCC[C@@H](C)[C@H]1CC[C@H]2[C@@H]3CC=C4C[C@@H](OC(=O)NCCO[C@H]5O[C@H](CO)[C@@H](O[C@H]6O[C@H](CO)[C@H](O)[C@H](O)[C@H]6O)[C@H](O)[C@H]5O)CC[C@]4(C)[C@H]3CC[C@]12C. The lowest BCUT2D eigenvalue weighted by Crippen LogP contribution is -2.64. The normalized spacial score (nSPS) is 45.7. The van der Waals surface area contributed by atoms with Gasteiger partial charge in [0.2, 0.25) is 0 Å². The molecule has 3 saturated carbocycles. The van der Waals surface area contributed by atoms with E-state index in [-0.39, 0.29) is 24.7 Å². The minimum atomic E-state index is -1.76. The summed E-state index contributed by atoms with van der Waals surface area (Å²) < 4.78 is 28.1. The predicted molar refractivity (Wildman–Crippen MR) is 204 cm³/mol. The molecular formula is C42H71NO13. The summed E-state index contributed by atoms with van der Waals surface area (Å²) in [5, 5.41) is 74.2. The van der Waals surface area contributed by atoms with Crippen LogP contribution < -0.4 is 5.32 Å². The average Bonchev–Trinajstić information content (AvgIpc) is 3.53. The number of hydrogen-bond acceptors (Lipinski definition) is 13. The van der Waals surface area contributed by atoms with Crippen LogP contribution in [0.15, 0.2) is 11.6 Å². The van der Waals surface area contributed by atoms with E-state index in [4.69, 9.17) is 23.7 Å². The summed E-state index contributed by atoms with van der Waals surface area (Å²) in [6.07, 6.45) is -0.582. The Morgan fingerprint density at radius 2 is 1.57 bits per heavy atom. The third-order valence-corrected chi connectivity index (χ3v) is 15.1. The van der Waals surface area contributed by atoms with Crippen molar-refractivity contribution in [1.29, 1.82) is 0 Å². The van der Waals surface area contributed by atoms with Crippen LogP contribution in [0.1, 0.15) is 105 Å². The Morgan fingerprint density at radius 1 is 0.857 bits per heavy atom. The summed E-state index contributed by atoms with van der Waals surface area (Å²) in [7, 11) is 0. The van der Waals surface area contributed by atoms with Gasteiger partial charge in [0.15, 0.2) is 12.6 Å². The molecule has 6 rings (SSSR count). The minimum Gasteiger partial charge on any atom is -0.446 e. The van der Waals surface area contributed by atoms with Gasteiger partial charge < -0.3 is 64.7 Å². The Labute approximate surface area is 332 Å². The van der Waals surface area contributed by atoms with Gasteiger partial charge in [-0.15, -0.1) is 0 Å². The van der Waals surface area contributed by atoms with Gasteiger partial charge >= 0.3 is 6.09 Å². The fourth-order valence-electron chi connectivity index (χ4n) is 12.0. The zero-order valence-electron chi connectivity index (χ0n) is 34.1. The first kappa shape index (κ1) is 44.1. The number of aliphatic hydroxyl groups excluding tert-OH is 7. The number of amides is 1. The molecule has 2 aliphatic heterocycles. The highest BCUT2D eigenvalue weighted by molar-refractivity contribution is 5.67. The number of carbonyl (C=O) groups is 1. The molecule has 0 spiro atoms. The Bertz CT molecular complexity index is 1330. The Balaban J connectivity index is 0.946. The molecule has 322 valence electrons. The maximum absolute atomic E-state index is 12.9. The second-order valence-corrected chi connectivity index (χ2v) is 18.9. The molecule has 14 heteroatoms. The van der Waals surface area contributed by atoms with Gasteiger partial charge in [-0.2, -0.15) is 0 Å². The van der Waals surface area contributed by atoms with E-state index in [1.807, 2.05) is 0 Å². The van der Waals surface area contributed by atoms with Gasteiger partial charge in [-0.3, -0.25) is 0 Å². The van der Waals surface area contributed by atoms with Gasteiger partial charge in [-0.05, 0) is 91.3 Å². The van der Waals surface area contributed by atoms with Crippen molar-refractivity contribution >= 4 is 6.09 Å². The van der Waals surface area contributed by atoms with Crippen molar-refractivity contribution < 1.29 is 64.2 Å². The summed E-state index contributed by atoms with van der Waals surface area (Å²) in [5.74, 6) is 4.60. The average molecular weight is 798 g/mol. The molecule has 2 heterocycles. The van der Waals surface area contributed by atoms with Crippen molar-refractivity contribution in [3.8, 4) is 0 Å². The molecule has 6 aliphatic rings. The largest absolute Gasteiger partial charge is 0.446 e. The monoisotopic (exact) mass is 797 g/mol. The summed E-state index contributed by atoms with van der Waals surface area (Å²) >= 11 is 0. The Hall–Kier alpha value is -1.43. The summed E-state index contributed by atoms with van der Waals surface area (Å²) in [6.45, 7) is 10.9. The first-order valence-electron chi connectivity index (χ1n) is 21.5. The molecule has 14 nitrogen and oxygen atoms in total. The van der Waals surface area contributed by atoms with Crippen LogP contribution in [0, 0.1) is 46.3 Å².